The third-order valence-electron chi connectivity index (χ3n) is 4.05. The summed E-state index contributed by atoms with van der Waals surface area (Å²) in [6.07, 6.45) is 9.53. The highest BCUT2D eigenvalue weighted by Gasteiger charge is 2.20. The van der Waals surface area contributed by atoms with E-state index in [1.165, 1.54) is 25.7 Å². The van der Waals surface area contributed by atoms with Gasteiger partial charge >= 0.3 is 0 Å². The van der Waals surface area contributed by atoms with Crippen LogP contribution in [-0.4, -0.2) is 20.0 Å². The molecule has 0 aromatic carbocycles. The first-order valence-corrected chi connectivity index (χ1v) is 7.07. The number of nitrogens with two attached hydrogens (primary N) is 2. The molecule has 1 aliphatic rings. The topological polar surface area (TPSA) is 111 Å². The Kier molecular flexibility index (Phi) is 3.70. The molecule has 20 heavy (non-hydrogen) atoms. The Morgan fingerprint density at radius 2 is 2.25 bits per heavy atom. The van der Waals surface area contributed by atoms with Gasteiger partial charge in [0.25, 0.3) is 0 Å². The molecule has 1 fully saturated rings. The minimum absolute atomic E-state index is 0.0827. The van der Waals surface area contributed by atoms with Crippen molar-refractivity contribution in [2.24, 2.45) is 5.84 Å². The molecule has 1 saturated carbocycles. The van der Waals surface area contributed by atoms with E-state index in [1.54, 1.807) is 6.20 Å². The lowest BCUT2D eigenvalue weighted by Gasteiger charge is -2.14. The number of rotatable bonds is 5. The van der Waals surface area contributed by atoms with E-state index in [9.17, 15) is 0 Å². The minimum Gasteiger partial charge on any atom is -0.384 e. The highest BCUT2D eigenvalue weighted by Crippen LogP contribution is 2.29. The van der Waals surface area contributed by atoms with Crippen molar-refractivity contribution in [1.82, 2.24) is 25.4 Å². The zero-order valence-electron chi connectivity index (χ0n) is 11.4. The molecule has 1 atom stereocenters. The number of H-pyrrole nitrogens is 1. The molecule has 7 nitrogen and oxygen atoms in total. The number of aromatic amines is 1. The fourth-order valence-corrected chi connectivity index (χ4v) is 2.91. The van der Waals surface area contributed by atoms with E-state index >= 15 is 0 Å². The molecule has 6 N–H and O–H groups in total. The van der Waals surface area contributed by atoms with Gasteiger partial charge < -0.3 is 5.73 Å². The van der Waals surface area contributed by atoms with E-state index in [-0.39, 0.29) is 6.04 Å². The number of hydrogen-bond acceptors (Lipinski definition) is 5. The van der Waals surface area contributed by atoms with E-state index in [1.807, 2.05) is 0 Å². The average Bonchev–Trinajstić information content (AvgIpc) is 3.17. The van der Waals surface area contributed by atoms with Gasteiger partial charge in [-0.05, 0) is 18.9 Å². The normalized spacial score (nSPS) is 17.6. The monoisotopic (exact) mass is 275 g/mol. The van der Waals surface area contributed by atoms with Crippen LogP contribution in [0.5, 0.6) is 0 Å². The van der Waals surface area contributed by atoms with Gasteiger partial charge in [-0.1, -0.05) is 12.8 Å². The van der Waals surface area contributed by atoms with Crippen LogP contribution in [0.15, 0.2) is 18.5 Å². The molecule has 2 aromatic heterocycles. The number of nitrogens with one attached hydrogen (secondary N) is 2. The fraction of sp³-hybridized carbons (Fsp3) is 0.538. The van der Waals surface area contributed by atoms with Gasteiger partial charge in [0.15, 0.2) is 0 Å². The van der Waals surface area contributed by atoms with E-state index in [0.717, 1.165) is 11.3 Å². The fourth-order valence-electron chi connectivity index (χ4n) is 2.91. The molecule has 0 saturated heterocycles. The van der Waals surface area contributed by atoms with Crippen LogP contribution in [-0.2, 0) is 6.42 Å². The van der Waals surface area contributed by atoms with Crippen LogP contribution < -0.4 is 17.0 Å². The summed E-state index contributed by atoms with van der Waals surface area (Å²) in [5.41, 5.74) is 10.5. The smallest absolute Gasteiger partial charge is 0.123 e. The molecule has 0 aliphatic heterocycles. The number of anilines is 1. The van der Waals surface area contributed by atoms with Gasteiger partial charge in [0.1, 0.15) is 5.82 Å². The van der Waals surface area contributed by atoms with Gasteiger partial charge in [-0.25, -0.2) is 0 Å². The summed E-state index contributed by atoms with van der Waals surface area (Å²) in [4.78, 5) is 0. The Hall–Kier alpha value is -1.86. The Bertz CT molecular complexity index is 553. The zero-order chi connectivity index (χ0) is 13.9. The summed E-state index contributed by atoms with van der Waals surface area (Å²) in [5, 5.41) is 11.3. The maximum atomic E-state index is 5.84. The molecule has 1 unspecified atom stereocenters. The molecule has 0 spiro atoms. The van der Waals surface area contributed by atoms with E-state index in [0.29, 0.717) is 18.3 Å². The van der Waals surface area contributed by atoms with E-state index in [2.05, 4.69) is 37.7 Å². The lowest BCUT2D eigenvalue weighted by atomic mass is 10.1. The SMILES string of the molecule is NNC(Cc1ccn(C2CCCC2)n1)c1cn[nH]c1N. The van der Waals surface area contributed by atoms with E-state index in [4.69, 9.17) is 11.6 Å². The first-order chi connectivity index (χ1) is 9.78. The van der Waals surface area contributed by atoms with Crippen LogP contribution in [0.4, 0.5) is 5.82 Å². The van der Waals surface area contributed by atoms with Crippen molar-refractivity contribution in [2.75, 3.05) is 5.73 Å². The standard InChI is InChI=1S/C13H21N7/c14-13-11(8-16-18-13)12(17-15)7-9-5-6-20(19-9)10-3-1-2-4-10/h5-6,8,10,12,17H,1-4,7,15H2,(H3,14,16,18). The number of nitrogen functional groups attached to an aromatic ring is 1. The van der Waals surface area contributed by atoms with Crippen LogP contribution in [0, 0.1) is 0 Å². The van der Waals surface area contributed by atoms with Crippen LogP contribution in [0.1, 0.15) is 49.0 Å². The van der Waals surface area contributed by atoms with Crippen molar-refractivity contribution in [3.8, 4) is 0 Å². The lowest BCUT2D eigenvalue weighted by molar-refractivity contribution is 0.457. The largest absolute Gasteiger partial charge is 0.384 e. The molecule has 1 aliphatic carbocycles. The van der Waals surface area contributed by atoms with Crippen molar-refractivity contribution in [2.45, 2.75) is 44.2 Å². The molecule has 7 heteroatoms. The summed E-state index contributed by atoms with van der Waals surface area (Å²) >= 11 is 0. The molecular formula is C13H21N7. The molecule has 2 heterocycles. The zero-order valence-corrected chi connectivity index (χ0v) is 11.4. The van der Waals surface area contributed by atoms with Crippen LogP contribution in [0.25, 0.3) is 0 Å². The second kappa shape index (κ2) is 5.64. The van der Waals surface area contributed by atoms with Gasteiger partial charge in [0.05, 0.1) is 24.0 Å². The molecule has 2 aromatic rings. The van der Waals surface area contributed by atoms with Crippen molar-refractivity contribution in [3.05, 3.63) is 29.7 Å². The highest BCUT2D eigenvalue weighted by molar-refractivity contribution is 5.39. The number of nitrogens with zero attached hydrogens (tertiary/aromatic N) is 3. The van der Waals surface area contributed by atoms with Crippen LogP contribution in [0.2, 0.25) is 0 Å². The molecule has 108 valence electrons. The summed E-state index contributed by atoms with van der Waals surface area (Å²) in [6.45, 7) is 0. The minimum atomic E-state index is -0.0827. The Morgan fingerprint density at radius 3 is 2.90 bits per heavy atom. The first-order valence-electron chi connectivity index (χ1n) is 7.07. The number of aromatic nitrogens is 4. The second-order valence-corrected chi connectivity index (χ2v) is 5.39. The van der Waals surface area contributed by atoms with Gasteiger partial charge in [-0.15, -0.1) is 0 Å². The second-order valence-electron chi connectivity index (χ2n) is 5.39. The summed E-state index contributed by atoms with van der Waals surface area (Å²) in [5.74, 6) is 6.17. The summed E-state index contributed by atoms with van der Waals surface area (Å²) < 4.78 is 2.09. The van der Waals surface area contributed by atoms with Gasteiger partial charge in [-0.3, -0.25) is 21.0 Å². The first kappa shape index (κ1) is 13.1. The Balaban J connectivity index is 1.71. The van der Waals surface area contributed by atoms with Crippen molar-refractivity contribution in [1.29, 1.82) is 0 Å². The maximum Gasteiger partial charge on any atom is 0.123 e. The Labute approximate surface area is 117 Å². The molecule has 3 rings (SSSR count). The summed E-state index contributed by atoms with van der Waals surface area (Å²) in [7, 11) is 0. The predicted octanol–water partition coefficient (Wildman–Crippen LogP) is 1.05. The lowest BCUT2D eigenvalue weighted by Crippen LogP contribution is -2.30. The highest BCUT2D eigenvalue weighted by atomic mass is 15.3. The molecule has 0 radical (unpaired) electrons. The predicted molar refractivity (Wildman–Crippen MR) is 76.5 cm³/mol. The van der Waals surface area contributed by atoms with Gasteiger partial charge in [0.2, 0.25) is 0 Å². The quantitative estimate of drug-likeness (QED) is 0.481. The van der Waals surface area contributed by atoms with Crippen LogP contribution in [0.3, 0.4) is 0 Å². The van der Waals surface area contributed by atoms with Crippen molar-refractivity contribution < 1.29 is 0 Å². The van der Waals surface area contributed by atoms with Crippen molar-refractivity contribution >= 4 is 5.82 Å². The van der Waals surface area contributed by atoms with Gasteiger partial charge in [0, 0.05) is 18.2 Å². The Morgan fingerprint density at radius 1 is 1.45 bits per heavy atom. The van der Waals surface area contributed by atoms with Crippen molar-refractivity contribution in [3.63, 3.8) is 0 Å². The van der Waals surface area contributed by atoms with Gasteiger partial charge in [-0.2, -0.15) is 10.2 Å². The van der Waals surface area contributed by atoms with E-state index < -0.39 is 0 Å². The average molecular weight is 275 g/mol. The third kappa shape index (κ3) is 2.54. The molecule has 0 bridgehead atoms. The summed E-state index contributed by atoms with van der Waals surface area (Å²) in [6, 6.07) is 2.53. The third-order valence-corrected chi connectivity index (χ3v) is 4.05. The number of hydrogen-bond donors (Lipinski definition) is 4. The molecular weight excluding hydrogens is 254 g/mol. The number of hydrazine groups is 1. The maximum absolute atomic E-state index is 5.84. The van der Waals surface area contributed by atoms with Crippen LogP contribution >= 0.6 is 0 Å². The molecule has 0 amide bonds.